The largest absolute Gasteiger partial charge is 0.349 e. The molecule has 2 rings (SSSR count). The molecule has 0 spiro atoms. The van der Waals surface area contributed by atoms with Gasteiger partial charge in [0.2, 0.25) is 0 Å². The minimum absolute atomic E-state index is 0.0667. The molecular weight excluding hydrogens is 520 g/mol. The molecule has 42 heavy (non-hydrogen) atoms. The second-order valence-electron chi connectivity index (χ2n) is 17.4. The fourth-order valence-corrected chi connectivity index (χ4v) is 8.53. The Hall–Kier alpha value is -1.14. The molecular formula is C36H72N4O2+2. The molecule has 2 aliphatic rings. The lowest BCUT2D eigenvalue weighted by atomic mass is 9.62. The van der Waals surface area contributed by atoms with Crippen molar-refractivity contribution in [3.63, 3.8) is 0 Å². The minimum atomic E-state index is 0.0667. The highest BCUT2D eigenvalue weighted by molar-refractivity contribution is 5.78. The van der Waals surface area contributed by atoms with Crippen LogP contribution in [0.5, 0.6) is 0 Å². The molecule has 2 N–H and O–H groups in total. The van der Waals surface area contributed by atoms with Crippen molar-refractivity contribution in [1.82, 2.24) is 10.6 Å². The first-order valence-electron chi connectivity index (χ1n) is 17.5. The van der Waals surface area contributed by atoms with Crippen LogP contribution >= 0.6 is 0 Å². The molecule has 6 atom stereocenters. The summed E-state index contributed by atoms with van der Waals surface area (Å²) in [5, 5.41) is 6.11. The van der Waals surface area contributed by atoms with Crippen molar-refractivity contribution in [2.75, 3.05) is 54.4 Å². The van der Waals surface area contributed by atoms with Crippen molar-refractivity contribution in [2.24, 2.45) is 34.5 Å². The number of hydrogen-bond acceptors (Lipinski definition) is 2. The quantitative estimate of drug-likeness (QED) is 0.166. The standard InChI is InChI=1S/C36H70N4O2/c1-27-15-13-21-35(5,6)31(27)19-17-29(3)39(9,10)25-33(41)37-23-24-38-34(42)26-40(11,12)30(4)18-20-32-28(2)16-14-22-36(32,7)8/h27-32H,13-26H2,1-12H3/p+2. The van der Waals surface area contributed by atoms with E-state index in [9.17, 15) is 9.59 Å². The van der Waals surface area contributed by atoms with Gasteiger partial charge in [0.05, 0.1) is 40.3 Å². The zero-order valence-corrected chi connectivity index (χ0v) is 30.1. The molecule has 0 radical (unpaired) electrons. The molecule has 0 aromatic carbocycles. The lowest BCUT2D eigenvalue weighted by Crippen LogP contribution is -2.54. The van der Waals surface area contributed by atoms with Crippen LogP contribution in [0, 0.1) is 34.5 Å². The molecule has 0 aromatic rings. The van der Waals surface area contributed by atoms with Gasteiger partial charge in [-0.15, -0.1) is 0 Å². The van der Waals surface area contributed by atoms with Crippen LogP contribution in [0.15, 0.2) is 0 Å². The van der Waals surface area contributed by atoms with E-state index < -0.39 is 0 Å². The van der Waals surface area contributed by atoms with Gasteiger partial charge >= 0.3 is 0 Å². The van der Waals surface area contributed by atoms with Crippen molar-refractivity contribution in [3.8, 4) is 0 Å². The van der Waals surface area contributed by atoms with Gasteiger partial charge in [0, 0.05) is 13.1 Å². The van der Waals surface area contributed by atoms with Crippen molar-refractivity contribution < 1.29 is 18.6 Å². The molecule has 6 unspecified atom stereocenters. The van der Waals surface area contributed by atoms with Crippen LogP contribution in [0.3, 0.4) is 0 Å². The monoisotopic (exact) mass is 593 g/mol. The molecule has 0 bridgehead atoms. The molecule has 0 saturated heterocycles. The molecule has 2 aliphatic carbocycles. The van der Waals surface area contributed by atoms with E-state index in [1.54, 1.807) is 0 Å². The molecule has 2 fully saturated rings. The number of carbonyl (C=O) groups excluding carboxylic acids is 2. The predicted molar refractivity (Wildman–Crippen MR) is 178 cm³/mol. The fraction of sp³-hybridized carbons (Fsp3) is 0.944. The second kappa shape index (κ2) is 15.2. The van der Waals surface area contributed by atoms with Gasteiger partial charge in [-0.05, 0) is 86.9 Å². The highest BCUT2D eigenvalue weighted by atomic mass is 16.2. The molecule has 0 aromatic heterocycles. The number of amides is 2. The van der Waals surface area contributed by atoms with Crippen molar-refractivity contribution in [3.05, 3.63) is 0 Å². The normalized spacial score (nSPS) is 27.6. The Morgan fingerprint density at radius 3 is 1.33 bits per heavy atom. The van der Waals surface area contributed by atoms with Gasteiger partial charge in [0.25, 0.3) is 11.8 Å². The summed E-state index contributed by atoms with van der Waals surface area (Å²) in [5.74, 6) is 3.26. The maximum absolute atomic E-state index is 12.8. The van der Waals surface area contributed by atoms with E-state index in [-0.39, 0.29) is 11.8 Å². The third-order valence-electron chi connectivity index (χ3n) is 12.4. The van der Waals surface area contributed by atoms with Crippen LogP contribution in [0.4, 0.5) is 0 Å². The first-order valence-corrected chi connectivity index (χ1v) is 17.5. The molecule has 6 nitrogen and oxygen atoms in total. The number of quaternary nitrogens is 2. The molecule has 6 heteroatoms. The molecule has 2 amide bonds. The maximum Gasteiger partial charge on any atom is 0.275 e. The van der Waals surface area contributed by atoms with Gasteiger partial charge in [-0.25, -0.2) is 0 Å². The van der Waals surface area contributed by atoms with E-state index in [4.69, 9.17) is 0 Å². The predicted octanol–water partition coefficient (Wildman–Crippen LogP) is 6.63. The average molecular weight is 593 g/mol. The second-order valence-corrected chi connectivity index (χ2v) is 17.4. The van der Waals surface area contributed by atoms with E-state index in [2.05, 4.69) is 94.2 Å². The SMILES string of the molecule is CC1CCCC(C)(C)C1CCC(C)[N+](C)(C)CC(=O)NCCNC(=O)C[N+](C)(C)C(C)CCC1C(C)CCCC1(C)C. The molecule has 246 valence electrons. The average Bonchev–Trinajstić information content (AvgIpc) is 2.84. The van der Waals surface area contributed by atoms with E-state index in [1.165, 1.54) is 51.4 Å². The Labute approximate surface area is 261 Å². The number of likely N-dealkylation sites (N-methyl/N-ethyl adjacent to an activating group) is 2. The fourth-order valence-electron chi connectivity index (χ4n) is 8.53. The van der Waals surface area contributed by atoms with Gasteiger partial charge in [0.1, 0.15) is 0 Å². The van der Waals surface area contributed by atoms with E-state index in [0.717, 1.165) is 36.5 Å². The summed E-state index contributed by atoms with van der Waals surface area (Å²) in [6.45, 7) is 21.1. The first-order chi connectivity index (χ1) is 19.3. The van der Waals surface area contributed by atoms with Crippen LogP contribution < -0.4 is 10.6 Å². The number of rotatable bonds is 15. The van der Waals surface area contributed by atoms with E-state index >= 15 is 0 Å². The number of carbonyl (C=O) groups is 2. The Morgan fingerprint density at radius 1 is 0.690 bits per heavy atom. The van der Waals surface area contributed by atoms with Crippen LogP contribution in [0.1, 0.15) is 120 Å². The van der Waals surface area contributed by atoms with Gasteiger partial charge in [-0.3, -0.25) is 9.59 Å². The lowest BCUT2D eigenvalue weighted by molar-refractivity contribution is -0.906. The summed E-state index contributed by atoms with van der Waals surface area (Å²) in [6, 6.07) is 0.851. The Kier molecular flexibility index (Phi) is 13.4. The highest BCUT2D eigenvalue weighted by Crippen LogP contribution is 2.47. The van der Waals surface area contributed by atoms with Gasteiger partial charge in [-0.2, -0.15) is 0 Å². The van der Waals surface area contributed by atoms with Gasteiger partial charge < -0.3 is 19.6 Å². The summed E-state index contributed by atoms with van der Waals surface area (Å²) >= 11 is 0. The van der Waals surface area contributed by atoms with Crippen molar-refractivity contribution >= 4 is 11.8 Å². The van der Waals surface area contributed by atoms with Crippen molar-refractivity contribution in [2.45, 2.75) is 132 Å². The lowest BCUT2D eigenvalue weighted by Gasteiger charge is -2.44. The number of hydrogen-bond donors (Lipinski definition) is 2. The smallest absolute Gasteiger partial charge is 0.275 e. The summed E-state index contributed by atoms with van der Waals surface area (Å²) < 4.78 is 1.39. The van der Waals surface area contributed by atoms with E-state index in [1.807, 2.05) is 0 Å². The zero-order valence-electron chi connectivity index (χ0n) is 30.1. The van der Waals surface area contributed by atoms with Crippen LogP contribution in [-0.4, -0.2) is 87.2 Å². The Balaban J connectivity index is 1.70. The Morgan fingerprint density at radius 2 is 1.02 bits per heavy atom. The maximum atomic E-state index is 12.8. The minimum Gasteiger partial charge on any atom is -0.349 e. The topological polar surface area (TPSA) is 58.2 Å². The van der Waals surface area contributed by atoms with E-state index in [0.29, 0.717) is 58.1 Å². The van der Waals surface area contributed by atoms with Gasteiger partial charge in [-0.1, -0.05) is 67.2 Å². The Bertz CT molecular complexity index is 794. The third kappa shape index (κ3) is 10.8. The first kappa shape index (κ1) is 37.0. The van der Waals surface area contributed by atoms with Crippen molar-refractivity contribution in [1.29, 1.82) is 0 Å². The summed E-state index contributed by atoms with van der Waals surface area (Å²) in [5.41, 5.74) is 0.848. The van der Waals surface area contributed by atoms with Crippen LogP contribution in [0.2, 0.25) is 0 Å². The summed E-state index contributed by atoms with van der Waals surface area (Å²) in [7, 11) is 8.72. The third-order valence-corrected chi connectivity index (χ3v) is 12.4. The summed E-state index contributed by atoms with van der Waals surface area (Å²) in [6.07, 6.45) is 12.9. The number of nitrogens with zero attached hydrogens (tertiary/aromatic N) is 2. The van der Waals surface area contributed by atoms with Crippen LogP contribution in [-0.2, 0) is 9.59 Å². The molecule has 2 saturated carbocycles. The number of nitrogens with one attached hydrogen (secondary N) is 2. The zero-order chi connectivity index (χ0) is 31.9. The molecule has 0 aliphatic heterocycles. The van der Waals surface area contributed by atoms with Gasteiger partial charge in [0.15, 0.2) is 13.1 Å². The molecule has 0 heterocycles. The van der Waals surface area contributed by atoms with Crippen LogP contribution in [0.25, 0.3) is 0 Å². The summed E-state index contributed by atoms with van der Waals surface area (Å²) in [4.78, 5) is 25.6. The highest BCUT2D eigenvalue weighted by Gasteiger charge is 2.39.